The van der Waals surface area contributed by atoms with E-state index in [1.165, 1.54) is 90.9 Å². The van der Waals surface area contributed by atoms with Crippen LogP contribution in [0.15, 0.2) is 0 Å². The van der Waals surface area contributed by atoms with Gasteiger partial charge in [0.05, 0.1) is 0 Å². The molecule has 0 unspecified atom stereocenters. The number of hydrogen-bond acceptors (Lipinski definition) is 4. The lowest BCUT2D eigenvalue weighted by atomic mass is 10.4. The van der Waals surface area contributed by atoms with Crippen LogP contribution in [0.5, 0.6) is 0 Å². The Labute approximate surface area is 148 Å². The van der Waals surface area contributed by atoms with Crippen LogP contribution in [0.1, 0.15) is 52.4 Å². The highest BCUT2D eigenvalue weighted by Crippen LogP contribution is 2.72. The van der Waals surface area contributed by atoms with E-state index in [9.17, 15) is 0 Å². The quantitative estimate of drug-likeness (QED) is 0.602. The molecule has 0 aromatic rings. The van der Waals surface area contributed by atoms with Crippen molar-refractivity contribution in [3.05, 3.63) is 0 Å². The van der Waals surface area contributed by atoms with E-state index in [1.54, 1.807) is 0 Å². The molecule has 3 rings (SSSR count). The van der Waals surface area contributed by atoms with Crippen molar-refractivity contribution in [2.45, 2.75) is 52.4 Å². The summed E-state index contributed by atoms with van der Waals surface area (Å²) in [6.45, 7) is 15.1. The third-order valence-corrected chi connectivity index (χ3v) is 10.3. The SMILES string of the molecule is CCN(CC)[P+](N1CCCC1)(N1CCCC1)N1CCCC1.[Br-]. The highest BCUT2D eigenvalue weighted by molar-refractivity contribution is 7.66. The minimum Gasteiger partial charge on any atom is -1.00 e. The van der Waals surface area contributed by atoms with Crippen molar-refractivity contribution in [1.29, 1.82) is 0 Å². The van der Waals surface area contributed by atoms with Gasteiger partial charge >= 0.3 is 7.87 Å². The first-order chi connectivity index (χ1) is 10.3. The van der Waals surface area contributed by atoms with Crippen LogP contribution in [0.4, 0.5) is 0 Å². The third-order valence-electron chi connectivity index (χ3n) is 5.50. The summed E-state index contributed by atoms with van der Waals surface area (Å²) >= 11 is 0. The molecule has 3 fully saturated rings. The van der Waals surface area contributed by atoms with Crippen LogP contribution in [0.25, 0.3) is 0 Å². The molecule has 0 N–H and O–H groups in total. The van der Waals surface area contributed by atoms with Crippen molar-refractivity contribution in [2.75, 3.05) is 52.4 Å². The number of nitrogens with zero attached hydrogens (tertiary/aromatic N) is 4. The lowest BCUT2D eigenvalue weighted by Gasteiger charge is -2.48. The van der Waals surface area contributed by atoms with Crippen LogP contribution >= 0.6 is 7.87 Å². The fourth-order valence-electron chi connectivity index (χ4n) is 4.58. The van der Waals surface area contributed by atoms with Gasteiger partial charge in [0.1, 0.15) is 0 Å². The van der Waals surface area contributed by atoms with E-state index in [0.717, 1.165) is 0 Å². The molecule has 0 amide bonds. The van der Waals surface area contributed by atoms with Crippen molar-refractivity contribution in [3.8, 4) is 0 Å². The first-order valence-corrected chi connectivity index (χ1v) is 10.8. The normalized spacial score (nSPS) is 25.2. The molecule has 4 nitrogen and oxygen atoms in total. The Morgan fingerprint density at radius 1 is 0.636 bits per heavy atom. The average Bonchev–Trinajstić information content (AvgIpc) is 3.28. The van der Waals surface area contributed by atoms with Gasteiger partial charge in [0.15, 0.2) is 0 Å². The van der Waals surface area contributed by atoms with Crippen LogP contribution in [-0.2, 0) is 0 Å². The number of rotatable bonds is 6. The fraction of sp³-hybridized carbons (Fsp3) is 1.00. The molecule has 3 heterocycles. The molecule has 0 saturated carbocycles. The summed E-state index contributed by atoms with van der Waals surface area (Å²) in [4.78, 5) is 0. The Morgan fingerprint density at radius 2 is 0.909 bits per heavy atom. The second kappa shape index (κ2) is 8.73. The predicted octanol–water partition coefficient (Wildman–Crippen LogP) is 0.297. The molecule has 0 atom stereocenters. The largest absolute Gasteiger partial charge is 1.00 e. The summed E-state index contributed by atoms with van der Waals surface area (Å²) in [7, 11) is -1.42. The van der Waals surface area contributed by atoms with E-state index in [2.05, 4.69) is 32.5 Å². The topological polar surface area (TPSA) is 13.0 Å². The number of hydrogen-bond donors (Lipinski definition) is 0. The van der Waals surface area contributed by atoms with Crippen molar-refractivity contribution >= 4 is 7.87 Å². The first-order valence-electron chi connectivity index (χ1n) is 9.24. The average molecular weight is 393 g/mol. The minimum absolute atomic E-state index is 0. The van der Waals surface area contributed by atoms with Crippen molar-refractivity contribution in [3.63, 3.8) is 0 Å². The minimum atomic E-state index is -1.42. The second-order valence-corrected chi connectivity index (χ2v) is 9.99. The van der Waals surface area contributed by atoms with E-state index >= 15 is 0 Å². The summed E-state index contributed by atoms with van der Waals surface area (Å²) in [6.07, 6.45) is 8.44. The van der Waals surface area contributed by atoms with Gasteiger partial charge in [-0.25, -0.2) is 0 Å². The van der Waals surface area contributed by atoms with Gasteiger partial charge in [-0.1, -0.05) is 0 Å². The maximum Gasteiger partial charge on any atom is 0.308 e. The van der Waals surface area contributed by atoms with Crippen molar-refractivity contribution < 1.29 is 17.0 Å². The van der Waals surface area contributed by atoms with Gasteiger partial charge in [-0.15, -0.1) is 18.7 Å². The van der Waals surface area contributed by atoms with E-state index < -0.39 is 7.87 Å². The highest BCUT2D eigenvalue weighted by atomic mass is 79.9. The Bertz CT molecular complexity index is 275. The zero-order chi connectivity index (χ0) is 14.7. The van der Waals surface area contributed by atoms with Crippen LogP contribution in [0.2, 0.25) is 0 Å². The summed E-state index contributed by atoms with van der Waals surface area (Å²) in [5.41, 5.74) is 0. The van der Waals surface area contributed by atoms with Gasteiger partial charge in [0.2, 0.25) is 0 Å². The van der Waals surface area contributed by atoms with Gasteiger partial charge in [-0.3, -0.25) is 0 Å². The fourth-order valence-corrected chi connectivity index (χ4v) is 9.95. The lowest BCUT2D eigenvalue weighted by molar-refractivity contribution is -0.00000497. The van der Waals surface area contributed by atoms with Crippen LogP contribution in [-0.4, -0.2) is 71.0 Å². The number of halogens is 1. The Morgan fingerprint density at radius 3 is 1.14 bits per heavy atom. The van der Waals surface area contributed by atoms with E-state index in [4.69, 9.17) is 0 Å². The molecular formula is C16H34BrN4P. The predicted molar refractivity (Wildman–Crippen MR) is 92.3 cm³/mol. The molecule has 0 aromatic heterocycles. The highest BCUT2D eigenvalue weighted by Gasteiger charge is 2.62. The molecule has 0 bridgehead atoms. The molecule has 6 heteroatoms. The molecule has 130 valence electrons. The first kappa shape index (κ1) is 19.1. The zero-order valence-corrected chi connectivity index (χ0v) is 17.0. The summed E-state index contributed by atoms with van der Waals surface area (Å²) in [5.74, 6) is 0. The third kappa shape index (κ3) is 3.27. The van der Waals surface area contributed by atoms with Gasteiger partial charge < -0.3 is 17.0 Å². The van der Waals surface area contributed by atoms with Gasteiger partial charge in [-0.2, -0.15) is 0 Å². The van der Waals surface area contributed by atoms with Crippen LogP contribution in [0, 0.1) is 0 Å². The van der Waals surface area contributed by atoms with Crippen LogP contribution < -0.4 is 17.0 Å². The van der Waals surface area contributed by atoms with E-state index in [0.29, 0.717) is 0 Å². The summed E-state index contributed by atoms with van der Waals surface area (Å²) < 4.78 is 11.6. The standard InChI is InChI=1S/C16H34N4P.BrH/c1-3-17(4-2)21(18-11-5-6-12-18,19-13-7-8-14-19)20-15-9-10-16-20;/h3-16H2,1-2H3;1H/q+1;/p-1. The van der Waals surface area contributed by atoms with Gasteiger partial charge in [-0.05, 0) is 52.4 Å². The Balaban J connectivity index is 0.00000176. The molecule has 0 spiro atoms. The second-order valence-electron chi connectivity index (χ2n) is 6.66. The van der Waals surface area contributed by atoms with Gasteiger partial charge in [0.25, 0.3) is 0 Å². The van der Waals surface area contributed by atoms with E-state index in [1.807, 2.05) is 0 Å². The maximum atomic E-state index is 2.93. The van der Waals surface area contributed by atoms with Crippen LogP contribution in [0.3, 0.4) is 0 Å². The van der Waals surface area contributed by atoms with E-state index in [-0.39, 0.29) is 17.0 Å². The smallest absolute Gasteiger partial charge is 0.308 e. The Kier molecular flexibility index (Phi) is 7.57. The zero-order valence-electron chi connectivity index (χ0n) is 14.5. The van der Waals surface area contributed by atoms with Crippen molar-refractivity contribution in [1.82, 2.24) is 18.7 Å². The molecule has 3 aliphatic rings. The molecule has 0 aliphatic carbocycles. The molecule has 3 aliphatic heterocycles. The molecule has 0 radical (unpaired) electrons. The monoisotopic (exact) mass is 392 g/mol. The molecule has 3 saturated heterocycles. The lowest BCUT2D eigenvalue weighted by Crippen LogP contribution is -3.00. The van der Waals surface area contributed by atoms with Gasteiger partial charge in [0, 0.05) is 52.4 Å². The van der Waals surface area contributed by atoms with Crippen molar-refractivity contribution in [2.24, 2.45) is 0 Å². The maximum absolute atomic E-state index is 2.93. The summed E-state index contributed by atoms with van der Waals surface area (Å²) in [6, 6.07) is 0. The molecular weight excluding hydrogens is 359 g/mol. The Hall–Kier alpha value is 0.750. The molecule has 22 heavy (non-hydrogen) atoms. The molecule has 0 aromatic carbocycles. The summed E-state index contributed by atoms with van der Waals surface area (Å²) in [5, 5.41) is 0.